The molecule has 0 amide bonds. The summed E-state index contributed by atoms with van der Waals surface area (Å²) in [6.45, 7) is 1.55. The van der Waals surface area contributed by atoms with Gasteiger partial charge < -0.3 is 15.7 Å². The quantitative estimate of drug-likeness (QED) is 0.752. The van der Waals surface area contributed by atoms with E-state index in [0.717, 1.165) is 5.56 Å². The fraction of sp³-hybridized carbons (Fsp3) is 0.300. The molecule has 4 N–H and O–H groups in total. The maximum absolute atomic E-state index is 11.7. The third-order valence-electron chi connectivity index (χ3n) is 2.03. The molecule has 0 aliphatic carbocycles. The maximum atomic E-state index is 11.7. The van der Waals surface area contributed by atoms with Crippen LogP contribution in [-0.2, 0) is 19.1 Å². The molecule has 0 heterocycles. The van der Waals surface area contributed by atoms with Crippen molar-refractivity contribution in [1.82, 2.24) is 0 Å². The Balaban J connectivity index is 0.00000289. The number of carbonyl (C=O) groups excluding carboxylic acids is 1. The van der Waals surface area contributed by atoms with Gasteiger partial charge in [-0.3, -0.25) is 0 Å². The Bertz CT molecular complexity index is 518. The summed E-state index contributed by atoms with van der Waals surface area (Å²) in [5, 5.41) is 0. The number of rotatable bonds is 4. The highest BCUT2D eigenvalue weighted by atomic mass is 35.5. The molecule has 1 atom stereocenters. The van der Waals surface area contributed by atoms with E-state index in [1.54, 1.807) is 19.1 Å². The largest absolute Gasteiger partial charge is 0.341 e. The minimum Gasteiger partial charge on any atom is -0.340 e. The highest BCUT2D eigenvalue weighted by Gasteiger charge is 2.23. The van der Waals surface area contributed by atoms with Crippen LogP contribution in [0.1, 0.15) is 5.56 Å². The Morgan fingerprint density at radius 3 is 2.56 bits per heavy atom. The van der Waals surface area contributed by atoms with Crippen molar-refractivity contribution >= 4 is 28.5 Å². The van der Waals surface area contributed by atoms with Crippen LogP contribution in [0.4, 0.5) is 0 Å². The Labute approximate surface area is 112 Å². The predicted molar refractivity (Wildman–Crippen MR) is 68.7 cm³/mol. The number of hydrogen-bond donors (Lipinski definition) is 2. The van der Waals surface area contributed by atoms with Crippen LogP contribution in [0, 0.1) is 6.92 Å². The predicted octanol–water partition coefficient (Wildman–Crippen LogP) is -0.0653. The zero-order valence-corrected chi connectivity index (χ0v) is 11.3. The third-order valence-corrected chi connectivity index (χ3v) is 3.24. The topological polar surface area (TPSA) is 112 Å². The van der Waals surface area contributed by atoms with Crippen molar-refractivity contribution in [3.05, 3.63) is 29.8 Å². The Morgan fingerprint density at radius 2 is 2.06 bits per heavy atom. The van der Waals surface area contributed by atoms with Crippen molar-refractivity contribution in [1.29, 1.82) is 0 Å². The number of hydrogen-bond acceptors (Lipinski definition) is 6. The van der Waals surface area contributed by atoms with Crippen LogP contribution >= 0.6 is 12.4 Å². The van der Waals surface area contributed by atoms with E-state index in [1.807, 2.05) is 0 Å². The van der Waals surface area contributed by atoms with Crippen LogP contribution in [0.2, 0.25) is 0 Å². The van der Waals surface area contributed by atoms with E-state index in [4.69, 9.17) is 11.5 Å². The number of halogens is 1. The average molecular weight is 295 g/mol. The molecule has 0 radical (unpaired) electrons. The van der Waals surface area contributed by atoms with E-state index < -0.39 is 22.1 Å². The summed E-state index contributed by atoms with van der Waals surface area (Å²) in [7, 11) is -4.12. The SMILES string of the molecule is Cc1cccc(S(=O)(=O)OC(=O)C(N)CN)c1.Cl. The molecular weight excluding hydrogens is 280 g/mol. The maximum Gasteiger partial charge on any atom is 0.341 e. The lowest BCUT2D eigenvalue weighted by atomic mass is 10.2. The van der Waals surface area contributed by atoms with Crippen LogP contribution in [0.5, 0.6) is 0 Å². The molecule has 0 fully saturated rings. The first-order chi connectivity index (χ1) is 7.86. The van der Waals surface area contributed by atoms with Gasteiger partial charge in [0, 0.05) is 6.54 Å². The van der Waals surface area contributed by atoms with Crippen molar-refractivity contribution in [3.63, 3.8) is 0 Å². The lowest BCUT2D eigenvalue weighted by Gasteiger charge is -2.09. The van der Waals surface area contributed by atoms with Gasteiger partial charge in [-0.25, -0.2) is 4.79 Å². The highest BCUT2D eigenvalue weighted by Crippen LogP contribution is 2.14. The van der Waals surface area contributed by atoms with Gasteiger partial charge in [-0.2, -0.15) is 8.42 Å². The minimum absolute atomic E-state index is 0. The van der Waals surface area contributed by atoms with Crippen molar-refractivity contribution in [2.45, 2.75) is 17.9 Å². The summed E-state index contributed by atoms with van der Waals surface area (Å²) in [6.07, 6.45) is 0. The number of nitrogens with two attached hydrogens (primary N) is 2. The van der Waals surface area contributed by atoms with Gasteiger partial charge in [-0.05, 0) is 24.6 Å². The van der Waals surface area contributed by atoms with Crippen molar-refractivity contribution < 1.29 is 17.4 Å². The van der Waals surface area contributed by atoms with Gasteiger partial charge >= 0.3 is 16.1 Å². The summed E-state index contributed by atoms with van der Waals surface area (Å²) < 4.78 is 27.7. The van der Waals surface area contributed by atoms with Crippen LogP contribution in [0.15, 0.2) is 29.2 Å². The monoisotopic (exact) mass is 294 g/mol. The van der Waals surface area contributed by atoms with Gasteiger partial charge in [-0.1, -0.05) is 12.1 Å². The first-order valence-corrected chi connectivity index (χ1v) is 6.28. The van der Waals surface area contributed by atoms with E-state index in [0.29, 0.717) is 0 Å². The average Bonchev–Trinajstić information content (AvgIpc) is 2.27. The molecule has 0 saturated heterocycles. The van der Waals surface area contributed by atoms with Gasteiger partial charge in [0.05, 0.1) is 0 Å². The number of aryl methyl sites for hydroxylation is 1. The van der Waals surface area contributed by atoms with Gasteiger partial charge in [0.2, 0.25) is 0 Å². The van der Waals surface area contributed by atoms with E-state index >= 15 is 0 Å². The number of benzene rings is 1. The molecule has 0 aliphatic heterocycles. The smallest absolute Gasteiger partial charge is 0.340 e. The lowest BCUT2D eigenvalue weighted by molar-refractivity contribution is -0.135. The van der Waals surface area contributed by atoms with Crippen LogP contribution in [0.25, 0.3) is 0 Å². The minimum atomic E-state index is -4.12. The molecule has 1 unspecified atom stereocenters. The highest BCUT2D eigenvalue weighted by molar-refractivity contribution is 7.87. The van der Waals surface area contributed by atoms with Gasteiger partial charge in [-0.15, -0.1) is 12.4 Å². The summed E-state index contributed by atoms with van der Waals surface area (Å²) in [4.78, 5) is 11.2. The molecule has 0 saturated carbocycles. The third kappa shape index (κ3) is 4.26. The van der Waals surface area contributed by atoms with Gasteiger partial charge in [0.1, 0.15) is 10.9 Å². The second kappa shape index (κ2) is 6.69. The van der Waals surface area contributed by atoms with Crippen molar-refractivity contribution in [3.8, 4) is 0 Å². The summed E-state index contributed by atoms with van der Waals surface area (Å²) >= 11 is 0. The molecule has 1 aromatic rings. The zero-order chi connectivity index (χ0) is 13.1. The van der Waals surface area contributed by atoms with Crippen LogP contribution in [0.3, 0.4) is 0 Å². The number of carbonyl (C=O) groups is 1. The van der Waals surface area contributed by atoms with E-state index in [-0.39, 0.29) is 23.8 Å². The fourth-order valence-electron chi connectivity index (χ4n) is 1.09. The molecule has 6 nitrogen and oxygen atoms in total. The normalized spacial score (nSPS) is 12.4. The molecule has 0 aromatic heterocycles. The summed E-state index contributed by atoms with van der Waals surface area (Å²) in [6, 6.07) is 4.88. The fourth-order valence-corrected chi connectivity index (χ4v) is 2.10. The molecular formula is C10H15ClN2O4S. The zero-order valence-electron chi connectivity index (χ0n) is 9.70. The van der Waals surface area contributed by atoms with Crippen LogP contribution < -0.4 is 11.5 Å². The standard InChI is InChI=1S/C10H14N2O4S.ClH/c1-7-3-2-4-8(5-7)17(14,15)16-10(13)9(12)6-11;/h2-5,9H,6,11-12H2,1H3;1H. The molecule has 18 heavy (non-hydrogen) atoms. The molecule has 0 aliphatic rings. The van der Waals surface area contributed by atoms with E-state index in [9.17, 15) is 13.2 Å². The van der Waals surface area contributed by atoms with Crippen molar-refractivity contribution in [2.24, 2.45) is 11.5 Å². The molecule has 1 aromatic carbocycles. The molecule has 102 valence electrons. The Morgan fingerprint density at radius 1 is 1.44 bits per heavy atom. The molecule has 8 heteroatoms. The van der Waals surface area contributed by atoms with Gasteiger partial charge in [0.15, 0.2) is 0 Å². The van der Waals surface area contributed by atoms with E-state index in [1.165, 1.54) is 12.1 Å². The van der Waals surface area contributed by atoms with E-state index in [2.05, 4.69) is 4.18 Å². The first kappa shape index (κ1) is 16.9. The summed E-state index contributed by atoms with van der Waals surface area (Å²) in [5.41, 5.74) is 11.1. The Hall–Kier alpha value is -1.15. The molecule has 0 spiro atoms. The molecule has 1 rings (SSSR count). The lowest BCUT2D eigenvalue weighted by Crippen LogP contribution is -2.40. The summed E-state index contributed by atoms with van der Waals surface area (Å²) in [5.74, 6) is -1.06. The second-order valence-corrected chi connectivity index (χ2v) is 5.06. The molecule has 0 bridgehead atoms. The van der Waals surface area contributed by atoms with Gasteiger partial charge in [0.25, 0.3) is 0 Å². The Kier molecular flexibility index (Phi) is 6.27. The second-order valence-electron chi connectivity index (χ2n) is 3.52. The van der Waals surface area contributed by atoms with Crippen LogP contribution in [-0.4, -0.2) is 27.0 Å². The van der Waals surface area contributed by atoms with Crippen molar-refractivity contribution in [2.75, 3.05) is 6.54 Å². The first-order valence-electron chi connectivity index (χ1n) is 4.87.